The van der Waals surface area contributed by atoms with Gasteiger partial charge in [0.1, 0.15) is 11.2 Å². The molecule has 0 saturated heterocycles. The van der Waals surface area contributed by atoms with Crippen LogP contribution in [-0.2, 0) is 0 Å². The molecular formula is C7H4Cl3FO. The lowest BCUT2D eigenvalue weighted by Gasteiger charge is -2.11. The number of aliphatic hydroxyl groups is 1. The first-order valence-corrected chi connectivity index (χ1v) is 4.19. The zero-order chi connectivity index (χ0) is 9.30. The monoisotopic (exact) mass is 228 g/mol. The summed E-state index contributed by atoms with van der Waals surface area (Å²) in [5, 5.41) is 7.54. The Labute approximate surface area is 83.7 Å². The standard InChI is InChI=1S/C7H4Cl3FO/c8-4-2-5(9)6(11)1-3(4)7(10)12/h1-2,5,12H/b7-3-. The van der Waals surface area contributed by atoms with Gasteiger partial charge in [0.05, 0.1) is 5.03 Å². The number of hydrogen-bond donors (Lipinski definition) is 1. The average Bonchev–Trinajstić information content (AvgIpc) is 1.96. The highest BCUT2D eigenvalue weighted by molar-refractivity contribution is 6.36. The summed E-state index contributed by atoms with van der Waals surface area (Å²) in [6, 6.07) is 0. The number of allylic oxidation sites excluding steroid dienone is 5. The Morgan fingerprint density at radius 1 is 1.58 bits per heavy atom. The van der Waals surface area contributed by atoms with Crippen LogP contribution >= 0.6 is 34.8 Å². The first kappa shape index (κ1) is 9.90. The minimum absolute atomic E-state index is 0.0488. The van der Waals surface area contributed by atoms with Crippen molar-refractivity contribution in [2.45, 2.75) is 5.38 Å². The van der Waals surface area contributed by atoms with E-state index >= 15 is 0 Å². The van der Waals surface area contributed by atoms with E-state index in [0.29, 0.717) is 0 Å². The van der Waals surface area contributed by atoms with Gasteiger partial charge in [-0.3, -0.25) is 0 Å². The van der Waals surface area contributed by atoms with Crippen molar-refractivity contribution < 1.29 is 9.50 Å². The van der Waals surface area contributed by atoms with E-state index < -0.39 is 16.4 Å². The SMILES string of the molecule is O/C(Cl)=C1/C=C(F)C(Cl)C=C1Cl. The summed E-state index contributed by atoms with van der Waals surface area (Å²) in [4.78, 5) is 0. The minimum atomic E-state index is -0.878. The average molecular weight is 229 g/mol. The van der Waals surface area contributed by atoms with Crippen molar-refractivity contribution in [3.63, 3.8) is 0 Å². The summed E-state index contributed by atoms with van der Waals surface area (Å²) < 4.78 is 12.8. The molecule has 1 aliphatic rings. The maximum absolute atomic E-state index is 12.8. The summed E-state index contributed by atoms with van der Waals surface area (Å²) in [6.45, 7) is 0. The van der Waals surface area contributed by atoms with Gasteiger partial charge in [0, 0.05) is 5.57 Å². The summed E-state index contributed by atoms with van der Waals surface area (Å²) in [5.41, 5.74) is 0.0488. The number of rotatable bonds is 0. The maximum Gasteiger partial charge on any atom is 0.193 e. The van der Waals surface area contributed by atoms with Crippen molar-refractivity contribution >= 4 is 34.8 Å². The smallest absolute Gasteiger partial charge is 0.193 e. The first-order chi connectivity index (χ1) is 5.52. The molecular weight excluding hydrogens is 225 g/mol. The Hall–Kier alpha value is -0.180. The molecule has 1 aliphatic carbocycles. The van der Waals surface area contributed by atoms with Crippen LogP contribution in [0.5, 0.6) is 0 Å². The fourth-order valence-corrected chi connectivity index (χ4v) is 1.47. The highest BCUT2D eigenvalue weighted by Gasteiger charge is 2.19. The number of alkyl halides is 1. The van der Waals surface area contributed by atoms with Crippen molar-refractivity contribution in [3.8, 4) is 0 Å². The lowest BCUT2D eigenvalue weighted by atomic mass is 10.1. The maximum atomic E-state index is 12.8. The van der Waals surface area contributed by atoms with E-state index in [2.05, 4.69) is 0 Å². The molecule has 1 rings (SSSR count). The van der Waals surface area contributed by atoms with Crippen molar-refractivity contribution in [2.24, 2.45) is 0 Å². The van der Waals surface area contributed by atoms with Gasteiger partial charge in [0.2, 0.25) is 0 Å². The van der Waals surface area contributed by atoms with Gasteiger partial charge in [-0.1, -0.05) is 11.6 Å². The van der Waals surface area contributed by atoms with E-state index in [4.69, 9.17) is 39.9 Å². The Bertz CT molecular complexity index is 289. The summed E-state index contributed by atoms with van der Waals surface area (Å²) in [7, 11) is 0. The Kier molecular flexibility index (Phi) is 3.04. The summed E-state index contributed by atoms with van der Waals surface area (Å²) in [6.07, 6.45) is 2.26. The van der Waals surface area contributed by atoms with E-state index in [9.17, 15) is 4.39 Å². The molecule has 1 unspecified atom stereocenters. The molecule has 0 aromatic heterocycles. The van der Waals surface area contributed by atoms with Crippen molar-refractivity contribution in [1.29, 1.82) is 0 Å². The third-order valence-electron chi connectivity index (χ3n) is 1.32. The molecule has 0 saturated carbocycles. The lowest BCUT2D eigenvalue weighted by Crippen LogP contribution is -2.02. The van der Waals surface area contributed by atoms with Gasteiger partial charge in [0.25, 0.3) is 0 Å². The molecule has 0 radical (unpaired) electrons. The normalized spacial score (nSPS) is 27.8. The molecule has 1 N–H and O–H groups in total. The molecule has 0 aromatic carbocycles. The first-order valence-electron chi connectivity index (χ1n) is 3.00. The van der Waals surface area contributed by atoms with Crippen LogP contribution in [0.4, 0.5) is 4.39 Å². The fourth-order valence-electron chi connectivity index (χ4n) is 0.742. The van der Waals surface area contributed by atoms with Gasteiger partial charge >= 0.3 is 0 Å². The second-order valence-corrected chi connectivity index (χ2v) is 3.39. The largest absolute Gasteiger partial charge is 0.498 e. The Morgan fingerprint density at radius 2 is 2.17 bits per heavy atom. The molecule has 0 amide bonds. The van der Waals surface area contributed by atoms with Crippen LogP contribution in [-0.4, -0.2) is 10.5 Å². The quantitative estimate of drug-likeness (QED) is 0.497. The topological polar surface area (TPSA) is 20.2 Å². The van der Waals surface area contributed by atoms with Crippen LogP contribution < -0.4 is 0 Å². The zero-order valence-electron chi connectivity index (χ0n) is 5.69. The van der Waals surface area contributed by atoms with Gasteiger partial charge in [-0.05, 0) is 23.8 Å². The van der Waals surface area contributed by atoms with Crippen molar-refractivity contribution in [3.05, 3.63) is 33.8 Å². The molecule has 0 fully saturated rings. The van der Waals surface area contributed by atoms with E-state index in [1.54, 1.807) is 0 Å². The molecule has 0 aromatic rings. The number of hydrogen-bond acceptors (Lipinski definition) is 1. The predicted octanol–water partition coefficient (Wildman–Crippen LogP) is 3.59. The third-order valence-corrected chi connectivity index (χ3v) is 2.19. The van der Waals surface area contributed by atoms with Gasteiger partial charge in [-0.2, -0.15) is 0 Å². The molecule has 0 heterocycles. The third kappa shape index (κ3) is 1.94. The molecule has 0 bridgehead atoms. The van der Waals surface area contributed by atoms with Crippen LogP contribution in [0.15, 0.2) is 33.8 Å². The number of halogens is 4. The summed E-state index contributed by atoms with van der Waals surface area (Å²) in [5.74, 6) is -0.594. The highest BCUT2D eigenvalue weighted by Crippen LogP contribution is 2.31. The molecule has 1 nitrogen and oxygen atoms in total. The molecule has 12 heavy (non-hydrogen) atoms. The molecule has 1 atom stereocenters. The van der Waals surface area contributed by atoms with Gasteiger partial charge in [-0.25, -0.2) is 4.39 Å². The van der Waals surface area contributed by atoms with Crippen LogP contribution in [0.25, 0.3) is 0 Å². The van der Waals surface area contributed by atoms with Gasteiger partial charge in [-0.15, -0.1) is 11.6 Å². The highest BCUT2D eigenvalue weighted by atomic mass is 35.5. The Balaban J connectivity index is 3.10. The van der Waals surface area contributed by atoms with Crippen LogP contribution in [0.1, 0.15) is 0 Å². The predicted molar refractivity (Wildman–Crippen MR) is 48.3 cm³/mol. The van der Waals surface area contributed by atoms with Crippen LogP contribution in [0.2, 0.25) is 0 Å². The fraction of sp³-hybridized carbons (Fsp3) is 0.143. The zero-order valence-corrected chi connectivity index (χ0v) is 7.96. The van der Waals surface area contributed by atoms with Crippen LogP contribution in [0, 0.1) is 0 Å². The number of aliphatic hydroxyl groups excluding tert-OH is 1. The van der Waals surface area contributed by atoms with Gasteiger partial charge in [0.15, 0.2) is 5.22 Å². The second kappa shape index (κ2) is 3.69. The van der Waals surface area contributed by atoms with Crippen molar-refractivity contribution in [1.82, 2.24) is 0 Å². The molecule has 0 aliphatic heterocycles. The minimum Gasteiger partial charge on any atom is -0.498 e. The van der Waals surface area contributed by atoms with E-state index in [0.717, 1.165) is 6.08 Å². The van der Waals surface area contributed by atoms with Crippen LogP contribution in [0.3, 0.4) is 0 Å². The molecule has 5 heteroatoms. The van der Waals surface area contributed by atoms with Gasteiger partial charge < -0.3 is 5.11 Å². The van der Waals surface area contributed by atoms with E-state index in [1.807, 2.05) is 0 Å². The van der Waals surface area contributed by atoms with E-state index in [1.165, 1.54) is 6.08 Å². The molecule has 0 spiro atoms. The summed E-state index contributed by atoms with van der Waals surface area (Å²) >= 11 is 16.3. The Morgan fingerprint density at radius 3 is 2.67 bits per heavy atom. The molecule has 66 valence electrons. The van der Waals surface area contributed by atoms with E-state index in [-0.39, 0.29) is 10.6 Å². The lowest BCUT2D eigenvalue weighted by molar-refractivity contribution is 0.448. The second-order valence-electron chi connectivity index (χ2n) is 2.15. The van der Waals surface area contributed by atoms with Crippen molar-refractivity contribution in [2.75, 3.05) is 0 Å².